The predicted octanol–water partition coefficient (Wildman–Crippen LogP) is 2.30. The molecular formula is C14H11N5. The second kappa shape index (κ2) is 4.18. The van der Waals surface area contributed by atoms with Gasteiger partial charge in [0, 0.05) is 6.20 Å². The molecule has 0 N–H and O–H groups in total. The molecule has 0 radical (unpaired) electrons. The van der Waals surface area contributed by atoms with Crippen LogP contribution in [0.5, 0.6) is 0 Å². The number of benzene rings is 1. The van der Waals surface area contributed by atoms with Crippen LogP contribution in [0.3, 0.4) is 0 Å². The van der Waals surface area contributed by atoms with Crippen molar-refractivity contribution < 1.29 is 0 Å². The highest BCUT2D eigenvalue weighted by atomic mass is 15.2. The molecule has 0 bridgehead atoms. The highest BCUT2D eigenvalue weighted by Gasteiger charge is 2.09. The van der Waals surface area contributed by atoms with Gasteiger partial charge in [0.2, 0.25) is 5.95 Å². The fourth-order valence-electron chi connectivity index (χ4n) is 1.95. The van der Waals surface area contributed by atoms with E-state index in [1.165, 1.54) is 11.1 Å². The van der Waals surface area contributed by atoms with Crippen LogP contribution in [0.15, 0.2) is 30.7 Å². The van der Waals surface area contributed by atoms with Crippen LogP contribution in [0.25, 0.3) is 17.0 Å². The Kier molecular flexibility index (Phi) is 2.50. The Morgan fingerprint density at radius 1 is 1.16 bits per heavy atom. The summed E-state index contributed by atoms with van der Waals surface area (Å²) in [5.74, 6) is 0.463. The lowest BCUT2D eigenvalue weighted by molar-refractivity contribution is 0.940. The third kappa shape index (κ3) is 1.83. The molecule has 1 aromatic carbocycles. The van der Waals surface area contributed by atoms with E-state index in [4.69, 9.17) is 5.26 Å². The fraction of sp³-hybridized carbons (Fsp3) is 0.143. The van der Waals surface area contributed by atoms with Crippen molar-refractivity contribution in [2.45, 2.75) is 13.8 Å². The second-order valence-electron chi connectivity index (χ2n) is 4.39. The second-order valence-corrected chi connectivity index (χ2v) is 4.39. The Morgan fingerprint density at radius 3 is 2.74 bits per heavy atom. The van der Waals surface area contributed by atoms with Gasteiger partial charge in [-0.15, -0.1) is 0 Å². The fourth-order valence-corrected chi connectivity index (χ4v) is 1.95. The number of nitriles is 1. The molecule has 3 rings (SSSR count). The van der Waals surface area contributed by atoms with Gasteiger partial charge in [-0.05, 0) is 43.2 Å². The van der Waals surface area contributed by atoms with Crippen molar-refractivity contribution in [3.8, 4) is 12.0 Å². The van der Waals surface area contributed by atoms with E-state index in [0.717, 1.165) is 11.0 Å². The lowest BCUT2D eigenvalue weighted by Gasteiger charge is -2.04. The van der Waals surface area contributed by atoms with Crippen molar-refractivity contribution in [2.24, 2.45) is 0 Å². The minimum Gasteiger partial charge on any atom is -0.267 e. The zero-order chi connectivity index (χ0) is 13.4. The van der Waals surface area contributed by atoms with Crippen molar-refractivity contribution in [3.63, 3.8) is 0 Å². The van der Waals surface area contributed by atoms with Gasteiger partial charge >= 0.3 is 0 Å². The highest BCUT2D eigenvalue weighted by molar-refractivity contribution is 5.78. The van der Waals surface area contributed by atoms with Crippen LogP contribution in [-0.2, 0) is 0 Å². The topological polar surface area (TPSA) is 67.4 Å². The summed E-state index contributed by atoms with van der Waals surface area (Å²) in [5, 5.41) is 8.89. The maximum atomic E-state index is 8.89. The Morgan fingerprint density at radius 2 is 1.95 bits per heavy atom. The maximum absolute atomic E-state index is 8.89. The van der Waals surface area contributed by atoms with Crippen LogP contribution in [0, 0.1) is 25.2 Å². The number of aryl methyl sites for hydroxylation is 2. The molecule has 0 saturated carbocycles. The minimum absolute atomic E-state index is 0.343. The first-order chi connectivity index (χ1) is 9.19. The van der Waals surface area contributed by atoms with E-state index in [-0.39, 0.29) is 0 Å². The molecule has 0 atom stereocenters. The molecule has 0 aliphatic heterocycles. The van der Waals surface area contributed by atoms with E-state index in [2.05, 4.69) is 34.9 Å². The number of rotatable bonds is 1. The maximum Gasteiger partial charge on any atom is 0.236 e. The summed E-state index contributed by atoms with van der Waals surface area (Å²) >= 11 is 0. The average Bonchev–Trinajstić information content (AvgIpc) is 2.82. The monoisotopic (exact) mass is 249 g/mol. The number of hydrogen-bond donors (Lipinski definition) is 0. The first kappa shape index (κ1) is 11.4. The van der Waals surface area contributed by atoms with Crippen LogP contribution in [0.1, 0.15) is 16.8 Å². The molecule has 5 heteroatoms. The van der Waals surface area contributed by atoms with Gasteiger partial charge < -0.3 is 0 Å². The van der Waals surface area contributed by atoms with E-state index < -0.39 is 0 Å². The van der Waals surface area contributed by atoms with Gasteiger partial charge in [0.15, 0.2) is 0 Å². The van der Waals surface area contributed by atoms with Gasteiger partial charge in [0.25, 0.3) is 0 Å². The molecular weight excluding hydrogens is 238 g/mol. The molecule has 92 valence electrons. The van der Waals surface area contributed by atoms with Crippen molar-refractivity contribution in [1.29, 1.82) is 5.26 Å². The number of fused-ring (bicyclic) bond motifs is 1. The van der Waals surface area contributed by atoms with E-state index in [9.17, 15) is 0 Å². The molecule has 0 spiro atoms. The first-order valence-electron chi connectivity index (χ1n) is 5.87. The summed E-state index contributed by atoms with van der Waals surface area (Å²) in [6.07, 6.45) is 3.26. The highest BCUT2D eigenvalue weighted by Crippen LogP contribution is 2.20. The molecule has 0 unspecified atom stereocenters. The Labute approximate surface area is 110 Å². The predicted molar refractivity (Wildman–Crippen MR) is 70.8 cm³/mol. The molecule has 2 aromatic heterocycles. The van der Waals surface area contributed by atoms with E-state index in [1.807, 2.05) is 12.1 Å². The Hall–Kier alpha value is -2.74. The molecule has 5 nitrogen and oxygen atoms in total. The largest absolute Gasteiger partial charge is 0.267 e. The van der Waals surface area contributed by atoms with E-state index >= 15 is 0 Å². The molecule has 0 fully saturated rings. The van der Waals surface area contributed by atoms with E-state index in [0.29, 0.717) is 11.6 Å². The first-order valence-corrected chi connectivity index (χ1v) is 5.87. The smallest absolute Gasteiger partial charge is 0.236 e. The third-order valence-electron chi connectivity index (χ3n) is 3.14. The van der Waals surface area contributed by atoms with Gasteiger partial charge in [-0.3, -0.25) is 4.57 Å². The lowest BCUT2D eigenvalue weighted by Crippen LogP contribution is -2.00. The quantitative estimate of drug-likeness (QED) is 0.663. The van der Waals surface area contributed by atoms with Crippen molar-refractivity contribution >= 4 is 11.0 Å². The summed E-state index contributed by atoms with van der Waals surface area (Å²) < 4.78 is 1.79. The van der Waals surface area contributed by atoms with Gasteiger partial charge in [-0.25, -0.2) is 15.0 Å². The van der Waals surface area contributed by atoms with Crippen LogP contribution < -0.4 is 0 Å². The standard InChI is InChI=1S/C14H11N5/c1-9-5-12-13(6-10(9)2)19(8-17-12)14-16-4-3-11(7-15)18-14/h3-6,8H,1-2H3. The molecule has 3 aromatic rings. The Balaban J connectivity index is 2.25. The number of aromatic nitrogens is 4. The van der Waals surface area contributed by atoms with Crippen molar-refractivity contribution in [1.82, 2.24) is 19.5 Å². The summed E-state index contributed by atoms with van der Waals surface area (Å²) in [5.41, 5.74) is 4.57. The summed E-state index contributed by atoms with van der Waals surface area (Å²) in [6.45, 7) is 4.11. The molecule has 0 amide bonds. The van der Waals surface area contributed by atoms with Gasteiger partial charge in [0.05, 0.1) is 11.0 Å². The summed E-state index contributed by atoms with van der Waals surface area (Å²) in [7, 11) is 0. The van der Waals surface area contributed by atoms with Crippen LogP contribution >= 0.6 is 0 Å². The minimum atomic E-state index is 0.343. The average molecular weight is 249 g/mol. The van der Waals surface area contributed by atoms with Crippen molar-refractivity contribution in [2.75, 3.05) is 0 Å². The molecule has 0 saturated heterocycles. The van der Waals surface area contributed by atoms with Crippen molar-refractivity contribution in [3.05, 3.63) is 47.5 Å². The van der Waals surface area contributed by atoms with E-state index in [1.54, 1.807) is 23.2 Å². The normalized spacial score (nSPS) is 10.6. The number of nitrogens with zero attached hydrogens (tertiary/aromatic N) is 5. The summed E-state index contributed by atoms with van der Waals surface area (Å²) in [6, 6.07) is 7.69. The molecule has 0 aliphatic carbocycles. The Bertz CT molecular complexity index is 810. The molecule has 19 heavy (non-hydrogen) atoms. The van der Waals surface area contributed by atoms with Gasteiger partial charge in [-0.1, -0.05) is 0 Å². The van der Waals surface area contributed by atoms with Gasteiger partial charge in [-0.2, -0.15) is 5.26 Å². The summed E-state index contributed by atoms with van der Waals surface area (Å²) in [4.78, 5) is 12.7. The number of imidazole rings is 1. The molecule has 2 heterocycles. The van der Waals surface area contributed by atoms with Crippen LogP contribution in [0.4, 0.5) is 0 Å². The number of hydrogen-bond acceptors (Lipinski definition) is 4. The lowest BCUT2D eigenvalue weighted by atomic mass is 10.1. The van der Waals surface area contributed by atoms with Crippen LogP contribution in [0.2, 0.25) is 0 Å². The van der Waals surface area contributed by atoms with Gasteiger partial charge in [0.1, 0.15) is 18.1 Å². The van der Waals surface area contributed by atoms with Crippen LogP contribution in [-0.4, -0.2) is 19.5 Å². The zero-order valence-electron chi connectivity index (χ0n) is 10.6. The SMILES string of the molecule is Cc1cc2ncn(-c3nccc(C#N)n3)c2cc1C. The third-order valence-corrected chi connectivity index (χ3v) is 3.14. The zero-order valence-corrected chi connectivity index (χ0v) is 10.6. The molecule has 0 aliphatic rings.